The van der Waals surface area contributed by atoms with Crippen molar-refractivity contribution in [3.05, 3.63) is 0 Å². The number of piperidine rings is 1. The van der Waals surface area contributed by atoms with Crippen LogP contribution >= 0.6 is 0 Å². The number of nitrogens with one attached hydrogen (secondary N) is 2. The Labute approximate surface area is 76.1 Å². The van der Waals surface area contributed by atoms with Crippen LogP contribution in [0.15, 0.2) is 0 Å². The Kier molecular flexibility index (Phi) is 4.62. The fraction of sp³-hybridized carbons (Fsp3) is 1.00. The summed E-state index contributed by atoms with van der Waals surface area (Å²) in [7, 11) is 0. The molecule has 1 aliphatic rings. The topological polar surface area (TPSA) is 24.1 Å². The maximum absolute atomic E-state index is 3.55. The van der Waals surface area contributed by atoms with Crippen molar-refractivity contribution in [1.82, 2.24) is 10.6 Å². The van der Waals surface area contributed by atoms with E-state index >= 15 is 0 Å². The Morgan fingerprint density at radius 2 is 2.25 bits per heavy atom. The zero-order valence-corrected chi connectivity index (χ0v) is 8.40. The van der Waals surface area contributed by atoms with Crippen LogP contribution in [0.4, 0.5) is 0 Å². The standard InChI is InChI=1S/C10H22N2/c1-9(2)11-8-6-10-5-3-4-7-12-10/h9-12H,3-8H2,1-2H3. The van der Waals surface area contributed by atoms with Crippen LogP contribution in [0.25, 0.3) is 0 Å². The minimum Gasteiger partial charge on any atom is -0.314 e. The largest absolute Gasteiger partial charge is 0.314 e. The summed E-state index contributed by atoms with van der Waals surface area (Å²) < 4.78 is 0. The number of hydrogen-bond acceptors (Lipinski definition) is 2. The van der Waals surface area contributed by atoms with Gasteiger partial charge in [-0.05, 0) is 32.4 Å². The van der Waals surface area contributed by atoms with Crippen LogP contribution in [0.5, 0.6) is 0 Å². The SMILES string of the molecule is CC(C)NCCC1CCCCN1. The molecule has 1 atom stereocenters. The van der Waals surface area contributed by atoms with E-state index in [1.54, 1.807) is 0 Å². The highest BCUT2D eigenvalue weighted by Crippen LogP contribution is 2.09. The van der Waals surface area contributed by atoms with Crippen LogP contribution in [0, 0.1) is 0 Å². The molecule has 0 aromatic heterocycles. The third-order valence-electron chi connectivity index (χ3n) is 2.46. The van der Waals surface area contributed by atoms with Crippen molar-refractivity contribution >= 4 is 0 Å². The van der Waals surface area contributed by atoms with E-state index < -0.39 is 0 Å². The average Bonchev–Trinajstić information content (AvgIpc) is 2.05. The predicted octanol–water partition coefficient (Wildman–Crippen LogP) is 1.52. The molecule has 0 aromatic carbocycles. The first-order valence-electron chi connectivity index (χ1n) is 5.26. The van der Waals surface area contributed by atoms with Crippen molar-refractivity contribution in [2.75, 3.05) is 13.1 Å². The fourth-order valence-electron chi connectivity index (χ4n) is 1.72. The van der Waals surface area contributed by atoms with Gasteiger partial charge in [-0.1, -0.05) is 20.3 Å². The van der Waals surface area contributed by atoms with Gasteiger partial charge in [-0.25, -0.2) is 0 Å². The van der Waals surface area contributed by atoms with Crippen LogP contribution in [0.2, 0.25) is 0 Å². The molecule has 1 rings (SSSR count). The molecule has 1 aliphatic heterocycles. The second kappa shape index (κ2) is 5.55. The maximum Gasteiger partial charge on any atom is 0.00791 e. The lowest BCUT2D eigenvalue weighted by atomic mass is 10.0. The summed E-state index contributed by atoms with van der Waals surface area (Å²) in [5.74, 6) is 0. The molecular formula is C10H22N2. The third-order valence-corrected chi connectivity index (χ3v) is 2.46. The average molecular weight is 170 g/mol. The molecular weight excluding hydrogens is 148 g/mol. The molecule has 0 bridgehead atoms. The first-order chi connectivity index (χ1) is 5.79. The molecule has 12 heavy (non-hydrogen) atoms. The molecule has 1 saturated heterocycles. The van der Waals surface area contributed by atoms with Crippen LogP contribution in [0.1, 0.15) is 39.5 Å². The molecule has 1 fully saturated rings. The molecule has 0 spiro atoms. The molecule has 0 aromatic rings. The minimum absolute atomic E-state index is 0.633. The summed E-state index contributed by atoms with van der Waals surface area (Å²) in [6.07, 6.45) is 5.45. The van der Waals surface area contributed by atoms with E-state index in [0.29, 0.717) is 6.04 Å². The van der Waals surface area contributed by atoms with Gasteiger partial charge >= 0.3 is 0 Å². The Balaban J connectivity index is 1.98. The van der Waals surface area contributed by atoms with Crippen molar-refractivity contribution in [2.45, 2.75) is 51.6 Å². The van der Waals surface area contributed by atoms with Crippen LogP contribution in [-0.4, -0.2) is 25.2 Å². The van der Waals surface area contributed by atoms with Gasteiger partial charge in [-0.2, -0.15) is 0 Å². The van der Waals surface area contributed by atoms with E-state index in [2.05, 4.69) is 24.5 Å². The molecule has 72 valence electrons. The molecule has 0 radical (unpaired) electrons. The Morgan fingerprint density at radius 3 is 2.83 bits per heavy atom. The molecule has 0 amide bonds. The highest BCUT2D eigenvalue weighted by molar-refractivity contribution is 4.73. The summed E-state index contributed by atoms with van der Waals surface area (Å²) >= 11 is 0. The normalized spacial score (nSPS) is 24.8. The fourth-order valence-corrected chi connectivity index (χ4v) is 1.72. The van der Waals surface area contributed by atoms with E-state index in [1.807, 2.05) is 0 Å². The maximum atomic E-state index is 3.55. The molecule has 1 unspecified atom stereocenters. The van der Waals surface area contributed by atoms with Crippen molar-refractivity contribution < 1.29 is 0 Å². The zero-order valence-electron chi connectivity index (χ0n) is 8.40. The van der Waals surface area contributed by atoms with Gasteiger partial charge in [0.15, 0.2) is 0 Å². The zero-order chi connectivity index (χ0) is 8.81. The van der Waals surface area contributed by atoms with Crippen molar-refractivity contribution in [3.63, 3.8) is 0 Å². The number of rotatable bonds is 4. The first kappa shape index (κ1) is 10.0. The molecule has 0 aliphatic carbocycles. The van der Waals surface area contributed by atoms with E-state index in [9.17, 15) is 0 Å². The number of hydrogen-bond donors (Lipinski definition) is 2. The van der Waals surface area contributed by atoms with E-state index in [1.165, 1.54) is 32.2 Å². The van der Waals surface area contributed by atoms with Gasteiger partial charge in [0.2, 0.25) is 0 Å². The first-order valence-corrected chi connectivity index (χ1v) is 5.26. The van der Waals surface area contributed by atoms with Gasteiger partial charge < -0.3 is 10.6 Å². The highest BCUT2D eigenvalue weighted by atomic mass is 14.9. The Morgan fingerprint density at radius 1 is 1.42 bits per heavy atom. The van der Waals surface area contributed by atoms with Gasteiger partial charge in [-0.3, -0.25) is 0 Å². The van der Waals surface area contributed by atoms with Crippen molar-refractivity contribution in [3.8, 4) is 0 Å². The minimum atomic E-state index is 0.633. The second-order valence-electron chi connectivity index (χ2n) is 4.04. The lowest BCUT2D eigenvalue weighted by molar-refractivity contribution is 0.372. The summed E-state index contributed by atoms with van der Waals surface area (Å²) in [5, 5.41) is 7.01. The Bertz CT molecular complexity index is 106. The summed E-state index contributed by atoms with van der Waals surface area (Å²) in [6.45, 7) is 6.80. The lowest BCUT2D eigenvalue weighted by Crippen LogP contribution is -2.37. The lowest BCUT2D eigenvalue weighted by Gasteiger charge is -2.23. The van der Waals surface area contributed by atoms with E-state index in [-0.39, 0.29) is 0 Å². The van der Waals surface area contributed by atoms with Crippen LogP contribution in [0.3, 0.4) is 0 Å². The van der Waals surface area contributed by atoms with E-state index in [4.69, 9.17) is 0 Å². The van der Waals surface area contributed by atoms with Crippen LogP contribution in [-0.2, 0) is 0 Å². The Hall–Kier alpha value is -0.0800. The third kappa shape index (κ3) is 4.07. The van der Waals surface area contributed by atoms with Gasteiger partial charge in [0.25, 0.3) is 0 Å². The summed E-state index contributed by atoms with van der Waals surface area (Å²) in [6, 6.07) is 1.42. The van der Waals surface area contributed by atoms with Crippen molar-refractivity contribution in [2.24, 2.45) is 0 Å². The highest BCUT2D eigenvalue weighted by Gasteiger charge is 2.11. The van der Waals surface area contributed by atoms with Crippen LogP contribution < -0.4 is 10.6 Å². The predicted molar refractivity (Wildman–Crippen MR) is 53.4 cm³/mol. The van der Waals surface area contributed by atoms with Gasteiger partial charge in [-0.15, -0.1) is 0 Å². The smallest absolute Gasteiger partial charge is 0.00791 e. The van der Waals surface area contributed by atoms with E-state index in [0.717, 1.165) is 12.6 Å². The molecule has 1 heterocycles. The van der Waals surface area contributed by atoms with Gasteiger partial charge in [0, 0.05) is 12.1 Å². The monoisotopic (exact) mass is 170 g/mol. The van der Waals surface area contributed by atoms with Gasteiger partial charge in [0.1, 0.15) is 0 Å². The summed E-state index contributed by atoms with van der Waals surface area (Å²) in [4.78, 5) is 0. The summed E-state index contributed by atoms with van der Waals surface area (Å²) in [5.41, 5.74) is 0. The quantitative estimate of drug-likeness (QED) is 0.668. The second-order valence-corrected chi connectivity index (χ2v) is 4.04. The molecule has 0 saturated carbocycles. The molecule has 2 N–H and O–H groups in total. The molecule has 2 nitrogen and oxygen atoms in total. The van der Waals surface area contributed by atoms with Gasteiger partial charge in [0.05, 0.1) is 0 Å². The molecule has 2 heteroatoms. The van der Waals surface area contributed by atoms with Crippen molar-refractivity contribution in [1.29, 1.82) is 0 Å².